The first-order valence-electron chi connectivity index (χ1n) is 8.04. The molecule has 0 saturated carbocycles. The molecule has 0 aliphatic heterocycles. The van der Waals surface area contributed by atoms with Crippen LogP contribution in [-0.2, 0) is 4.74 Å². The van der Waals surface area contributed by atoms with Crippen LogP contribution in [0.15, 0.2) is 18.5 Å². The molecular formula is C17H28FN3O2. The summed E-state index contributed by atoms with van der Waals surface area (Å²) in [6, 6.07) is 1.48. The van der Waals surface area contributed by atoms with Crippen molar-refractivity contribution in [2.75, 3.05) is 19.6 Å². The first-order chi connectivity index (χ1) is 10.7. The lowest BCUT2D eigenvalue weighted by molar-refractivity contribution is 0.0258. The molecule has 0 bridgehead atoms. The number of amides is 1. The van der Waals surface area contributed by atoms with E-state index in [-0.39, 0.29) is 18.0 Å². The van der Waals surface area contributed by atoms with Crippen LogP contribution in [0, 0.1) is 5.82 Å². The third kappa shape index (κ3) is 7.41. The van der Waals surface area contributed by atoms with Crippen LogP contribution in [0.25, 0.3) is 0 Å². The standard InChI is InChI=1S/C17H28FN3O2/c1-6-21(16(22)23-17(3,4)5)9-7-8-20-13(2)14-10-15(18)12-19-11-14/h10-13,20H,6-9H2,1-5H3. The number of ether oxygens (including phenoxy) is 1. The molecule has 0 saturated heterocycles. The van der Waals surface area contributed by atoms with E-state index in [1.165, 1.54) is 12.3 Å². The minimum atomic E-state index is -0.484. The van der Waals surface area contributed by atoms with Crippen LogP contribution in [0.4, 0.5) is 9.18 Å². The first-order valence-corrected chi connectivity index (χ1v) is 8.04. The second-order valence-electron chi connectivity index (χ2n) is 6.53. The number of carbonyl (C=O) groups is 1. The molecule has 5 nitrogen and oxygen atoms in total. The van der Waals surface area contributed by atoms with Gasteiger partial charge in [0.25, 0.3) is 0 Å². The summed E-state index contributed by atoms with van der Waals surface area (Å²) >= 11 is 0. The van der Waals surface area contributed by atoms with Crippen molar-refractivity contribution in [1.29, 1.82) is 0 Å². The zero-order valence-electron chi connectivity index (χ0n) is 14.7. The van der Waals surface area contributed by atoms with Gasteiger partial charge in [0.2, 0.25) is 0 Å². The van der Waals surface area contributed by atoms with Gasteiger partial charge in [-0.2, -0.15) is 0 Å². The van der Waals surface area contributed by atoms with Crippen LogP contribution >= 0.6 is 0 Å². The summed E-state index contributed by atoms with van der Waals surface area (Å²) in [7, 11) is 0. The average molecular weight is 325 g/mol. The van der Waals surface area contributed by atoms with E-state index >= 15 is 0 Å². The molecule has 1 rings (SSSR count). The van der Waals surface area contributed by atoms with Crippen LogP contribution in [0.1, 0.15) is 52.6 Å². The molecular weight excluding hydrogens is 297 g/mol. The summed E-state index contributed by atoms with van der Waals surface area (Å²) in [5.41, 5.74) is 0.325. The van der Waals surface area contributed by atoms with E-state index in [9.17, 15) is 9.18 Å². The van der Waals surface area contributed by atoms with Crippen LogP contribution < -0.4 is 5.32 Å². The van der Waals surface area contributed by atoms with Gasteiger partial charge in [-0.25, -0.2) is 9.18 Å². The summed E-state index contributed by atoms with van der Waals surface area (Å²) < 4.78 is 18.5. The topological polar surface area (TPSA) is 54.5 Å². The lowest BCUT2D eigenvalue weighted by Crippen LogP contribution is -2.38. The maximum Gasteiger partial charge on any atom is 0.410 e. The Labute approximate surface area is 138 Å². The molecule has 1 aromatic heterocycles. The molecule has 0 radical (unpaired) electrons. The predicted octanol–water partition coefficient (Wildman–Crippen LogP) is 3.52. The maximum atomic E-state index is 13.1. The van der Waals surface area contributed by atoms with Crippen molar-refractivity contribution in [2.24, 2.45) is 0 Å². The Morgan fingerprint density at radius 3 is 2.70 bits per heavy atom. The van der Waals surface area contributed by atoms with Gasteiger partial charge in [-0.05, 0) is 59.2 Å². The highest BCUT2D eigenvalue weighted by Crippen LogP contribution is 2.12. The quantitative estimate of drug-likeness (QED) is 0.779. The molecule has 1 atom stereocenters. The number of nitrogens with zero attached hydrogens (tertiary/aromatic N) is 2. The van der Waals surface area contributed by atoms with E-state index in [1.807, 2.05) is 34.6 Å². The Balaban J connectivity index is 2.36. The Morgan fingerprint density at radius 2 is 2.13 bits per heavy atom. The maximum absolute atomic E-state index is 13.1. The van der Waals surface area contributed by atoms with Crippen molar-refractivity contribution in [3.8, 4) is 0 Å². The number of pyridine rings is 1. The highest BCUT2D eigenvalue weighted by atomic mass is 19.1. The second-order valence-corrected chi connectivity index (χ2v) is 6.53. The van der Waals surface area contributed by atoms with Crippen LogP contribution in [0.5, 0.6) is 0 Å². The minimum Gasteiger partial charge on any atom is -0.444 e. The molecule has 0 aliphatic rings. The van der Waals surface area contributed by atoms with E-state index in [4.69, 9.17) is 4.74 Å². The van der Waals surface area contributed by atoms with Gasteiger partial charge in [0.05, 0.1) is 6.20 Å². The number of rotatable bonds is 7. The van der Waals surface area contributed by atoms with E-state index < -0.39 is 5.60 Å². The molecule has 0 aliphatic carbocycles. The fourth-order valence-corrected chi connectivity index (χ4v) is 2.08. The van der Waals surface area contributed by atoms with E-state index in [2.05, 4.69) is 10.3 Å². The zero-order valence-corrected chi connectivity index (χ0v) is 14.7. The summed E-state index contributed by atoms with van der Waals surface area (Å²) in [5, 5.41) is 3.31. The molecule has 1 unspecified atom stereocenters. The van der Waals surface area contributed by atoms with Crippen molar-refractivity contribution in [3.63, 3.8) is 0 Å². The van der Waals surface area contributed by atoms with Gasteiger partial charge in [-0.1, -0.05) is 0 Å². The van der Waals surface area contributed by atoms with E-state index in [0.717, 1.165) is 18.5 Å². The molecule has 0 fully saturated rings. The Kier molecular flexibility index (Phi) is 7.42. The van der Waals surface area contributed by atoms with Crippen molar-refractivity contribution >= 4 is 6.09 Å². The molecule has 130 valence electrons. The lowest BCUT2D eigenvalue weighted by Gasteiger charge is -2.26. The smallest absolute Gasteiger partial charge is 0.410 e. The number of carbonyl (C=O) groups excluding carboxylic acids is 1. The third-order valence-corrected chi connectivity index (χ3v) is 3.31. The molecule has 1 heterocycles. The highest BCUT2D eigenvalue weighted by molar-refractivity contribution is 5.68. The van der Waals surface area contributed by atoms with Gasteiger partial charge in [0, 0.05) is 25.3 Å². The lowest BCUT2D eigenvalue weighted by atomic mass is 10.1. The van der Waals surface area contributed by atoms with Gasteiger partial charge < -0.3 is 15.0 Å². The molecule has 0 aromatic carbocycles. The predicted molar refractivity (Wildman–Crippen MR) is 88.7 cm³/mol. The van der Waals surface area contributed by atoms with Crippen molar-refractivity contribution in [1.82, 2.24) is 15.2 Å². The van der Waals surface area contributed by atoms with Crippen LogP contribution in [-0.4, -0.2) is 41.2 Å². The summed E-state index contributed by atoms with van der Waals surface area (Å²) in [6.07, 6.45) is 3.35. The molecule has 23 heavy (non-hydrogen) atoms. The first kappa shape index (κ1) is 19.4. The fourth-order valence-electron chi connectivity index (χ4n) is 2.08. The van der Waals surface area contributed by atoms with Crippen LogP contribution in [0.2, 0.25) is 0 Å². The van der Waals surface area contributed by atoms with Crippen molar-refractivity contribution in [2.45, 2.75) is 52.7 Å². The number of nitrogens with one attached hydrogen (secondary N) is 1. The van der Waals surface area contributed by atoms with Crippen molar-refractivity contribution in [3.05, 3.63) is 29.8 Å². The summed E-state index contributed by atoms with van der Waals surface area (Å²) in [5.74, 6) is -0.335. The Hall–Kier alpha value is -1.69. The highest BCUT2D eigenvalue weighted by Gasteiger charge is 2.20. The normalized spacial score (nSPS) is 12.8. The van der Waals surface area contributed by atoms with Gasteiger partial charge >= 0.3 is 6.09 Å². The largest absolute Gasteiger partial charge is 0.444 e. The molecule has 1 amide bonds. The van der Waals surface area contributed by atoms with E-state index in [1.54, 1.807) is 11.1 Å². The Bertz CT molecular complexity index is 503. The molecule has 6 heteroatoms. The Morgan fingerprint density at radius 1 is 1.43 bits per heavy atom. The van der Waals surface area contributed by atoms with Gasteiger partial charge in [-0.3, -0.25) is 4.98 Å². The SMILES string of the molecule is CCN(CCCNC(C)c1cncc(F)c1)C(=O)OC(C)(C)C. The number of hydrogen-bond donors (Lipinski definition) is 1. The number of aromatic nitrogens is 1. The summed E-state index contributed by atoms with van der Waals surface area (Å²) in [6.45, 7) is 11.4. The van der Waals surface area contributed by atoms with Crippen LogP contribution in [0.3, 0.4) is 0 Å². The van der Waals surface area contributed by atoms with E-state index in [0.29, 0.717) is 13.1 Å². The fraction of sp³-hybridized carbons (Fsp3) is 0.647. The molecule has 1 N–H and O–H groups in total. The van der Waals surface area contributed by atoms with Gasteiger partial charge in [0.15, 0.2) is 0 Å². The second kappa shape index (κ2) is 8.82. The average Bonchev–Trinajstić information content (AvgIpc) is 2.45. The third-order valence-electron chi connectivity index (χ3n) is 3.31. The molecule has 0 spiro atoms. The molecule has 1 aromatic rings. The summed E-state index contributed by atoms with van der Waals surface area (Å²) in [4.78, 5) is 17.5. The van der Waals surface area contributed by atoms with Gasteiger partial charge in [-0.15, -0.1) is 0 Å². The minimum absolute atomic E-state index is 0.00908. The zero-order chi connectivity index (χ0) is 17.5. The monoisotopic (exact) mass is 325 g/mol. The van der Waals surface area contributed by atoms with Gasteiger partial charge in [0.1, 0.15) is 11.4 Å². The number of hydrogen-bond acceptors (Lipinski definition) is 4. The van der Waals surface area contributed by atoms with Crippen molar-refractivity contribution < 1.29 is 13.9 Å². The number of halogens is 1.